The molecular weight excluding hydrogens is 492 g/mol. The van der Waals surface area contributed by atoms with Gasteiger partial charge in [0.15, 0.2) is 12.4 Å². The number of hydrogen-bond donors (Lipinski definition) is 2. The van der Waals surface area contributed by atoms with Gasteiger partial charge in [0.1, 0.15) is 30.0 Å². The van der Waals surface area contributed by atoms with Gasteiger partial charge in [0.05, 0.1) is 18.1 Å². The minimum atomic E-state index is -1.74. The summed E-state index contributed by atoms with van der Waals surface area (Å²) in [5.74, 6) is -2.13. The number of fused-ring (bicyclic) bond motifs is 2. The van der Waals surface area contributed by atoms with Crippen molar-refractivity contribution in [3.63, 3.8) is 0 Å². The molecule has 210 valence electrons. The fraction of sp³-hybridized carbons (Fsp3) is 0.862. The maximum atomic E-state index is 13.6. The van der Waals surface area contributed by atoms with Gasteiger partial charge in [0.2, 0.25) is 0 Å². The largest absolute Gasteiger partial charge is 0.481 e. The zero-order chi connectivity index (χ0) is 27.0. The van der Waals surface area contributed by atoms with E-state index in [0.29, 0.717) is 18.8 Å². The number of aliphatic hydroxyl groups excluding tert-OH is 1. The van der Waals surface area contributed by atoms with Crippen LogP contribution in [0.5, 0.6) is 0 Å². The van der Waals surface area contributed by atoms with Crippen LogP contribution in [0, 0.1) is 45.8 Å². The molecule has 13 atom stereocenters. The molecule has 38 heavy (non-hydrogen) atoms. The van der Waals surface area contributed by atoms with Crippen molar-refractivity contribution in [1.82, 2.24) is 0 Å². The molecule has 8 aliphatic rings. The molecule has 0 amide bonds. The van der Waals surface area contributed by atoms with E-state index in [2.05, 4.69) is 13.0 Å². The number of carbonyl (C=O) groups excluding carboxylic acids is 1. The number of hydrogen-bond acceptors (Lipinski definition) is 8. The Kier molecular flexibility index (Phi) is 5.31. The number of aliphatic carboxylic acids is 1. The number of carboxylic acid groups (broad SMARTS) is 1. The standard InChI is InChI=1S/C29H40O9/c1-13(2)19-8-16-9-26(11-30)18-7-6-15(5)17(18)10-27(16,28(19,26)25(32)33)12-34-29-23(31)21-20(35-14(3)4)22(37-29)24(36-21)38-29/h8,11,13-18,20-24,31H,6-7,9-10,12H2,1-5H3,(H,32,33). The molecule has 0 radical (unpaired) electrons. The van der Waals surface area contributed by atoms with Crippen LogP contribution < -0.4 is 0 Å². The van der Waals surface area contributed by atoms with Gasteiger partial charge in [-0.1, -0.05) is 38.8 Å². The molecule has 4 heterocycles. The lowest BCUT2D eigenvalue weighted by Gasteiger charge is -2.58. The van der Waals surface area contributed by atoms with E-state index < -0.39 is 58.9 Å². The first-order valence-electron chi connectivity index (χ1n) is 14.4. The first-order valence-corrected chi connectivity index (χ1v) is 14.4. The molecule has 4 saturated heterocycles. The van der Waals surface area contributed by atoms with Crippen LogP contribution in [0.15, 0.2) is 11.6 Å². The third kappa shape index (κ3) is 2.65. The monoisotopic (exact) mass is 532 g/mol. The van der Waals surface area contributed by atoms with E-state index in [9.17, 15) is 19.8 Å². The summed E-state index contributed by atoms with van der Waals surface area (Å²) >= 11 is 0. The summed E-state index contributed by atoms with van der Waals surface area (Å²) in [6.45, 7) is 10.1. The fourth-order valence-electron chi connectivity index (χ4n) is 10.3. The van der Waals surface area contributed by atoms with Gasteiger partial charge in [0, 0.05) is 5.41 Å². The van der Waals surface area contributed by atoms with E-state index in [1.807, 2.05) is 27.7 Å². The first kappa shape index (κ1) is 25.6. The van der Waals surface area contributed by atoms with Crippen molar-refractivity contribution < 1.29 is 43.5 Å². The number of rotatable bonds is 8. The zero-order valence-corrected chi connectivity index (χ0v) is 22.8. The Balaban J connectivity index is 1.28. The van der Waals surface area contributed by atoms with Gasteiger partial charge in [0.25, 0.3) is 0 Å². The van der Waals surface area contributed by atoms with Gasteiger partial charge in [-0.3, -0.25) is 9.53 Å². The van der Waals surface area contributed by atoms with Crippen LogP contribution in [0.25, 0.3) is 0 Å². The summed E-state index contributed by atoms with van der Waals surface area (Å²) in [5, 5.41) is 22.5. The highest BCUT2D eigenvalue weighted by Crippen LogP contribution is 2.82. The highest BCUT2D eigenvalue weighted by atomic mass is 17.0. The lowest BCUT2D eigenvalue weighted by molar-refractivity contribution is -0.449. The van der Waals surface area contributed by atoms with Gasteiger partial charge >= 0.3 is 11.9 Å². The Morgan fingerprint density at radius 3 is 2.61 bits per heavy atom. The lowest BCUT2D eigenvalue weighted by atomic mass is 9.43. The smallest absolute Gasteiger partial charge is 0.316 e. The fourth-order valence-corrected chi connectivity index (χ4v) is 10.3. The van der Waals surface area contributed by atoms with Crippen LogP contribution in [0.1, 0.15) is 60.3 Å². The molecule has 0 aromatic heterocycles. The summed E-state index contributed by atoms with van der Waals surface area (Å²) in [6, 6.07) is 0. The van der Waals surface area contributed by atoms with E-state index in [1.54, 1.807) is 0 Å². The molecule has 4 aliphatic carbocycles. The van der Waals surface area contributed by atoms with Gasteiger partial charge in [-0.25, -0.2) is 0 Å². The Bertz CT molecular complexity index is 1090. The van der Waals surface area contributed by atoms with Crippen LogP contribution in [0.4, 0.5) is 0 Å². The van der Waals surface area contributed by atoms with Crippen molar-refractivity contribution in [1.29, 1.82) is 0 Å². The van der Waals surface area contributed by atoms with Crippen LogP contribution in [0.3, 0.4) is 0 Å². The molecule has 0 aromatic rings. The molecule has 8 rings (SSSR count). The molecule has 8 bridgehead atoms. The molecule has 3 saturated carbocycles. The molecule has 13 unspecified atom stereocenters. The average Bonchev–Trinajstić information content (AvgIpc) is 3.58. The topological polar surface area (TPSA) is 121 Å². The van der Waals surface area contributed by atoms with Crippen molar-refractivity contribution in [2.24, 2.45) is 45.8 Å². The zero-order valence-electron chi connectivity index (χ0n) is 22.8. The number of carboxylic acids is 1. The minimum Gasteiger partial charge on any atom is -0.481 e. The maximum absolute atomic E-state index is 13.6. The minimum absolute atomic E-state index is 0.0150. The third-order valence-corrected chi connectivity index (χ3v) is 11.5. The third-order valence-electron chi connectivity index (χ3n) is 11.5. The molecular formula is C29H40O9. The van der Waals surface area contributed by atoms with Crippen molar-refractivity contribution in [3.05, 3.63) is 11.6 Å². The van der Waals surface area contributed by atoms with Crippen LogP contribution >= 0.6 is 0 Å². The maximum Gasteiger partial charge on any atom is 0.316 e. The molecule has 0 spiro atoms. The van der Waals surface area contributed by atoms with Gasteiger partial charge < -0.3 is 34.0 Å². The molecule has 4 aliphatic heterocycles. The molecule has 7 fully saturated rings. The molecule has 2 N–H and O–H groups in total. The first-order chi connectivity index (χ1) is 18.0. The molecule has 9 heteroatoms. The number of carbonyl (C=O) groups is 2. The Morgan fingerprint density at radius 2 is 1.95 bits per heavy atom. The van der Waals surface area contributed by atoms with Crippen molar-refractivity contribution in [2.75, 3.05) is 6.61 Å². The van der Waals surface area contributed by atoms with Gasteiger partial charge in [-0.15, -0.1) is 0 Å². The van der Waals surface area contributed by atoms with E-state index in [4.69, 9.17) is 23.7 Å². The van der Waals surface area contributed by atoms with Gasteiger partial charge in [-0.2, -0.15) is 0 Å². The number of allylic oxidation sites excluding steroid dienone is 1. The number of ether oxygens (including phenoxy) is 5. The van der Waals surface area contributed by atoms with Crippen molar-refractivity contribution >= 4 is 12.3 Å². The quantitative estimate of drug-likeness (QED) is 0.359. The summed E-state index contributed by atoms with van der Waals surface area (Å²) in [7, 11) is 0. The Morgan fingerprint density at radius 1 is 1.18 bits per heavy atom. The van der Waals surface area contributed by atoms with Crippen molar-refractivity contribution in [3.8, 4) is 0 Å². The predicted octanol–water partition coefficient (Wildman–Crippen LogP) is 2.89. The summed E-state index contributed by atoms with van der Waals surface area (Å²) < 4.78 is 30.6. The lowest BCUT2D eigenvalue weighted by Crippen LogP contribution is -2.66. The predicted molar refractivity (Wildman–Crippen MR) is 131 cm³/mol. The second kappa shape index (κ2) is 7.89. The number of aldehydes is 1. The van der Waals surface area contributed by atoms with Crippen LogP contribution in [-0.4, -0.2) is 71.9 Å². The number of aliphatic hydroxyl groups is 1. The summed E-state index contributed by atoms with van der Waals surface area (Å²) in [4.78, 5) is 26.8. The molecule has 0 aromatic carbocycles. The van der Waals surface area contributed by atoms with E-state index in [1.165, 1.54) is 0 Å². The van der Waals surface area contributed by atoms with Gasteiger partial charge in [-0.05, 0) is 62.7 Å². The summed E-state index contributed by atoms with van der Waals surface area (Å²) in [6.07, 6.45) is 2.46. The summed E-state index contributed by atoms with van der Waals surface area (Å²) in [5.41, 5.74) is -2.32. The van der Waals surface area contributed by atoms with Crippen LogP contribution in [-0.2, 0) is 33.3 Å². The Hall–Kier alpha value is -1.36. The SMILES string of the molecule is CC(C)OC1C2OC3(OCC45CC6C(C)CCC6C6(C=O)CC4C=C(C(C)C)C65C(=O)O)OC2OC1C3O. The normalized spacial score (nSPS) is 55.3. The second-order valence-corrected chi connectivity index (χ2v) is 13.6. The second-order valence-electron chi connectivity index (χ2n) is 13.6. The van der Waals surface area contributed by atoms with E-state index in [0.717, 1.165) is 24.7 Å². The highest BCUT2D eigenvalue weighted by Gasteiger charge is 2.85. The average molecular weight is 533 g/mol. The Labute approximate surface area is 223 Å². The van der Waals surface area contributed by atoms with Crippen LogP contribution in [0.2, 0.25) is 0 Å². The van der Waals surface area contributed by atoms with E-state index in [-0.39, 0.29) is 36.4 Å². The van der Waals surface area contributed by atoms with E-state index >= 15 is 0 Å². The highest BCUT2D eigenvalue weighted by molar-refractivity contribution is 5.90. The van der Waals surface area contributed by atoms with Crippen molar-refractivity contribution in [2.45, 2.75) is 103 Å². The molecule has 9 nitrogen and oxygen atoms in total.